The van der Waals surface area contributed by atoms with E-state index < -0.39 is 21.6 Å². The Balaban J connectivity index is 2.13. The first kappa shape index (κ1) is 16.2. The third-order valence-corrected chi connectivity index (χ3v) is 3.88. The molecule has 0 bridgehead atoms. The third kappa shape index (κ3) is 4.39. The van der Waals surface area contributed by atoms with Crippen molar-refractivity contribution in [2.24, 2.45) is 0 Å². The van der Waals surface area contributed by atoms with E-state index in [-0.39, 0.29) is 11.4 Å². The standard InChI is InChI=1S/C16H16FNO3S/c1-11-3-8-15(14(17)9-11)18-16(19)13-6-4-12(5-7-13)10-22(2,20)21/h3-9H,10H2,1-2H3,(H,18,19). The van der Waals surface area contributed by atoms with E-state index in [4.69, 9.17) is 0 Å². The molecule has 0 aliphatic carbocycles. The van der Waals surface area contributed by atoms with Crippen LogP contribution in [0.15, 0.2) is 42.5 Å². The third-order valence-electron chi connectivity index (χ3n) is 3.02. The first-order chi connectivity index (χ1) is 10.2. The molecular weight excluding hydrogens is 305 g/mol. The largest absolute Gasteiger partial charge is 0.319 e. The zero-order valence-corrected chi connectivity index (χ0v) is 13.1. The fraction of sp³-hybridized carbons (Fsp3) is 0.188. The quantitative estimate of drug-likeness (QED) is 0.942. The zero-order chi connectivity index (χ0) is 16.3. The molecule has 0 spiro atoms. The molecule has 2 rings (SSSR count). The van der Waals surface area contributed by atoms with E-state index in [1.807, 2.05) is 0 Å². The maximum absolute atomic E-state index is 13.7. The first-order valence-corrected chi connectivity index (χ1v) is 8.65. The minimum Gasteiger partial charge on any atom is -0.319 e. The Morgan fingerprint density at radius 3 is 2.32 bits per heavy atom. The molecule has 116 valence electrons. The van der Waals surface area contributed by atoms with Gasteiger partial charge in [0, 0.05) is 11.8 Å². The molecule has 0 unspecified atom stereocenters. The highest BCUT2D eigenvalue weighted by Crippen LogP contribution is 2.17. The number of benzene rings is 2. The second-order valence-corrected chi connectivity index (χ2v) is 7.34. The number of halogens is 1. The van der Waals surface area contributed by atoms with Crippen LogP contribution in [-0.2, 0) is 15.6 Å². The van der Waals surface area contributed by atoms with Gasteiger partial charge in [-0.15, -0.1) is 0 Å². The molecule has 0 saturated carbocycles. The van der Waals surface area contributed by atoms with Crippen LogP contribution in [0, 0.1) is 12.7 Å². The Morgan fingerprint density at radius 1 is 1.14 bits per heavy atom. The van der Waals surface area contributed by atoms with Gasteiger partial charge in [-0.2, -0.15) is 0 Å². The lowest BCUT2D eigenvalue weighted by molar-refractivity contribution is 0.102. The van der Waals surface area contributed by atoms with Crippen molar-refractivity contribution in [3.8, 4) is 0 Å². The Labute approximate surface area is 128 Å². The number of carbonyl (C=O) groups is 1. The summed E-state index contributed by atoms with van der Waals surface area (Å²) in [5, 5.41) is 2.49. The van der Waals surface area contributed by atoms with Crippen LogP contribution >= 0.6 is 0 Å². The summed E-state index contributed by atoms with van der Waals surface area (Å²) in [5.41, 5.74) is 1.80. The molecule has 0 radical (unpaired) electrons. The van der Waals surface area contributed by atoms with E-state index in [2.05, 4.69) is 5.32 Å². The average molecular weight is 321 g/mol. The maximum Gasteiger partial charge on any atom is 0.255 e. The molecule has 0 heterocycles. The Hall–Kier alpha value is -2.21. The van der Waals surface area contributed by atoms with Crippen LogP contribution in [0.1, 0.15) is 21.5 Å². The number of hydrogen-bond acceptors (Lipinski definition) is 3. The van der Waals surface area contributed by atoms with Crippen molar-refractivity contribution in [3.63, 3.8) is 0 Å². The highest BCUT2D eigenvalue weighted by atomic mass is 32.2. The van der Waals surface area contributed by atoms with Gasteiger partial charge in [0.05, 0.1) is 11.4 Å². The summed E-state index contributed by atoms with van der Waals surface area (Å²) in [6, 6.07) is 10.7. The smallest absolute Gasteiger partial charge is 0.255 e. The van der Waals surface area contributed by atoms with Gasteiger partial charge >= 0.3 is 0 Å². The summed E-state index contributed by atoms with van der Waals surface area (Å²) in [5.74, 6) is -1.03. The maximum atomic E-state index is 13.7. The molecule has 1 N–H and O–H groups in total. The highest BCUT2D eigenvalue weighted by molar-refractivity contribution is 7.89. The topological polar surface area (TPSA) is 63.2 Å². The summed E-state index contributed by atoms with van der Waals surface area (Å²) in [7, 11) is -3.12. The number of carbonyl (C=O) groups excluding carboxylic acids is 1. The number of amides is 1. The molecule has 6 heteroatoms. The van der Waals surface area contributed by atoms with Gasteiger partial charge in [-0.05, 0) is 42.3 Å². The van der Waals surface area contributed by atoms with Crippen molar-refractivity contribution in [1.29, 1.82) is 0 Å². The summed E-state index contributed by atoms with van der Waals surface area (Å²) < 4.78 is 36.1. The van der Waals surface area contributed by atoms with E-state index in [1.54, 1.807) is 25.1 Å². The molecule has 22 heavy (non-hydrogen) atoms. The lowest BCUT2D eigenvalue weighted by Gasteiger charge is -2.08. The summed E-state index contributed by atoms with van der Waals surface area (Å²) >= 11 is 0. The molecular formula is C16H16FNO3S. The number of nitrogens with one attached hydrogen (secondary N) is 1. The van der Waals surface area contributed by atoms with Crippen LogP contribution in [0.4, 0.5) is 10.1 Å². The Morgan fingerprint density at radius 2 is 1.77 bits per heavy atom. The van der Waals surface area contributed by atoms with E-state index in [0.717, 1.165) is 11.8 Å². The minimum absolute atomic E-state index is 0.0819. The van der Waals surface area contributed by atoms with Crippen LogP contribution in [0.3, 0.4) is 0 Å². The number of sulfone groups is 1. The van der Waals surface area contributed by atoms with Gasteiger partial charge < -0.3 is 5.32 Å². The van der Waals surface area contributed by atoms with Crippen LogP contribution in [0.2, 0.25) is 0 Å². The van der Waals surface area contributed by atoms with Gasteiger partial charge in [-0.1, -0.05) is 18.2 Å². The lowest BCUT2D eigenvalue weighted by atomic mass is 10.1. The molecule has 1 amide bonds. The highest BCUT2D eigenvalue weighted by Gasteiger charge is 2.10. The minimum atomic E-state index is -3.12. The molecule has 4 nitrogen and oxygen atoms in total. The monoisotopic (exact) mass is 321 g/mol. The fourth-order valence-electron chi connectivity index (χ4n) is 1.97. The normalized spacial score (nSPS) is 11.2. The molecule has 0 aliphatic rings. The molecule has 0 aromatic heterocycles. The van der Waals surface area contributed by atoms with Crippen molar-refractivity contribution in [3.05, 3.63) is 65.0 Å². The van der Waals surface area contributed by atoms with Crippen LogP contribution in [0.5, 0.6) is 0 Å². The van der Waals surface area contributed by atoms with E-state index >= 15 is 0 Å². The van der Waals surface area contributed by atoms with Crippen molar-refractivity contribution in [2.45, 2.75) is 12.7 Å². The molecule has 0 aliphatic heterocycles. The van der Waals surface area contributed by atoms with Crippen molar-refractivity contribution in [1.82, 2.24) is 0 Å². The van der Waals surface area contributed by atoms with Gasteiger partial charge in [0.25, 0.3) is 5.91 Å². The van der Waals surface area contributed by atoms with Crippen molar-refractivity contribution < 1.29 is 17.6 Å². The SMILES string of the molecule is Cc1ccc(NC(=O)c2ccc(CS(C)(=O)=O)cc2)c(F)c1. The van der Waals surface area contributed by atoms with Crippen LogP contribution in [-0.4, -0.2) is 20.6 Å². The molecule has 0 fully saturated rings. The van der Waals surface area contributed by atoms with Gasteiger partial charge in [0.2, 0.25) is 0 Å². The van der Waals surface area contributed by atoms with Gasteiger partial charge in [-0.25, -0.2) is 12.8 Å². The number of aryl methyl sites for hydroxylation is 1. The molecule has 0 atom stereocenters. The van der Waals surface area contributed by atoms with Gasteiger partial charge in [0.1, 0.15) is 5.82 Å². The van der Waals surface area contributed by atoms with Crippen LogP contribution < -0.4 is 5.32 Å². The van der Waals surface area contributed by atoms with Crippen molar-refractivity contribution >= 4 is 21.4 Å². The Bertz CT molecular complexity index is 799. The van der Waals surface area contributed by atoms with Gasteiger partial charge in [0.15, 0.2) is 9.84 Å². The first-order valence-electron chi connectivity index (χ1n) is 6.59. The fourth-order valence-corrected chi connectivity index (χ4v) is 2.77. The summed E-state index contributed by atoms with van der Waals surface area (Å²) in [6.07, 6.45) is 1.15. The molecule has 2 aromatic carbocycles. The van der Waals surface area contributed by atoms with E-state index in [1.165, 1.54) is 24.3 Å². The van der Waals surface area contributed by atoms with Crippen molar-refractivity contribution in [2.75, 3.05) is 11.6 Å². The average Bonchev–Trinajstić information content (AvgIpc) is 2.41. The Kier molecular flexibility index (Phi) is 4.61. The predicted octanol–water partition coefficient (Wildman–Crippen LogP) is 2.93. The number of hydrogen-bond donors (Lipinski definition) is 1. The second-order valence-electron chi connectivity index (χ2n) is 5.20. The van der Waals surface area contributed by atoms with Gasteiger partial charge in [-0.3, -0.25) is 4.79 Å². The zero-order valence-electron chi connectivity index (χ0n) is 12.3. The number of anilines is 1. The van der Waals surface area contributed by atoms with E-state index in [0.29, 0.717) is 11.1 Å². The summed E-state index contributed by atoms with van der Waals surface area (Å²) in [6.45, 7) is 1.76. The molecule has 2 aromatic rings. The number of rotatable bonds is 4. The second kappa shape index (κ2) is 6.27. The summed E-state index contributed by atoms with van der Waals surface area (Å²) in [4.78, 5) is 12.1. The van der Waals surface area contributed by atoms with E-state index in [9.17, 15) is 17.6 Å². The predicted molar refractivity (Wildman–Crippen MR) is 84.1 cm³/mol. The van der Waals surface area contributed by atoms with Crippen LogP contribution in [0.25, 0.3) is 0 Å². The lowest BCUT2D eigenvalue weighted by Crippen LogP contribution is -2.13. The molecule has 0 saturated heterocycles.